The van der Waals surface area contributed by atoms with E-state index in [4.69, 9.17) is 47.4 Å². The van der Waals surface area contributed by atoms with Crippen molar-refractivity contribution in [3.05, 3.63) is 76.2 Å². The molecule has 0 saturated heterocycles. The predicted octanol–water partition coefficient (Wildman–Crippen LogP) is 1.84. The quantitative estimate of drug-likeness (QED) is 0.0288. The van der Waals surface area contributed by atoms with Gasteiger partial charge in [-0.05, 0) is 86.1 Å². The number of carboxylic acids is 1. The van der Waals surface area contributed by atoms with Crippen molar-refractivity contribution in [3.63, 3.8) is 0 Å². The minimum absolute atomic E-state index is 0.00165. The van der Waals surface area contributed by atoms with E-state index in [-0.39, 0.29) is 70.1 Å². The summed E-state index contributed by atoms with van der Waals surface area (Å²) in [6, 6.07) is 8.39. The lowest BCUT2D eigenvalue weighted by Crippen LogP contribution is -2.52. The van der Waals surface area contributed by atoms with Gasteiger partial charge in [0, 0.05) is 49.5 Å². The number of rotatable bonds is 52. The summed E-state index contributed by atoms with van der Waals surface area (Å²) in [5.74, 6) is -5.86. The Bertz CT molecular complexity index is 2990. The lowest BCUT2D eigenvalue weighted by Gasteiger charge is -2.31. The van der Waals surface area contributed by atoms with Crippen LogP contribution in [-0.2, 0) is 110 Å². The first-order valence-corrected chi connectivity index (χ1v) is 34.0. The Hall–Kier alpha value is -7.39. The van der Waals surface area contributed by atoms with E-state index >= 15 is 4.39 Å². The first-order valence-electron chi connectivity index (χ1n) is 34.0. The third kappa shape index (κ3) is 29.6. The van der Waals surface area contributed by atoms with Gasteiger partial charge in [0.25, 0.3) is 5.91 Å². The monoisotopic (exact) mass is 1380 g/mol. The van der Waals surface area contributed by atoms with E-state index in [0.717, 1.165) is 31.2 Å². The Labute approximate surface area is 571 Å². The highest BCUT2D eigenvalue weighted by atomic mass is 19.1. The molecule has 544 valence electrons. The van der Waals surface area contributed by atoms with E-state index in [1.54, 1.807) is 44.2 Å². The molecule has 2 aromatic carbocycles. The third-order valence-corrected chi connectivity index (χ3v) is 16.7. The summed E-state index contributed by atoms with van der Waals surface area (Å²) in [7, 11) is 0. The van der Waals surface area contributed by atoms with Crippen LogP contribution in [0.1, 0.15) is 111 Å². The van der Waals surface area contributed by atoms with Crippen molar-refractivity contribution in [2.75, 3.05) is 152 Å². The Kier molecular flexibility index (Phi) is 36.8. The van der Waals surface area contributed by atoms with E-state index in [1.807, 2.05) is 0 Å². The average molecular weight is 1380 g/mol. The molecule has 3 aliphatic rings. The lowest BCUT2D eigenvalue weighted by molar-refractivity contribution is -0.142. The zero-order chi connectivity index (χ0) is 70.2. The Morgan fingerprint density at radius 1 is 0.633 bits per heavy atom. The van der Waals surface area contributed by atoms with E-state index in [0.29, 0.717) is 171 Å². The molecule has 2 saturated carbocycles. The molecule has 29 nitrogen and oxygen atoms in total. The predicted molar refractivity (Wildman–Crippen MR) is 352 cm³/mol. The molecule has 2 fully saturated rings. The molecule has 0 bridgehead atoms. The minimum atomic E-state index is -1.27. The summed E-state index contributed by atoms with van der Waals surface area (Å²) in [5, 5.41) is 31.5. The molecule has 0 unspecified atom stereocenters. The molecule has 3 aromatic rings. The van der Waals surface area contributed by atoms with E-state index in [1.165, 1.54) is 18.7 Å². The van der Waals surface area contributed by atoms with Crippen molar-refractivity contribution < 1.29 is 100 Å². The zero-order valence-electron chi connectivity index (χ0n) is 56.5. The smallest absolute Gasteiger partial charge is 0.306 e. The molecule has 1 aromatic heterocycles. The minimum Gasteiger partial charge on any atom is -0.481 e. The molecule has 0 radical (unpaired) electrons. The fourth-order valence-electron chi connectivity index (χ4n) is 11.0. The van der Waals surface area contributed by atoms with Gasteiger partial charge in [0.05, 0.1) is 149 Å². The second kappa shape index (κ2) is 45.3. The second-order valence-electron chi connectivity index (χ2n) is 23.9. The van der Waals surface area contributed by atoms with Gasteiger partial charge in [0.15, 0.2) is 0 Å². The van der Waals surface area contributed by atoms with Crippen LogP contribution in [0, 0.1) is 24.6 Å². The first kappa shape index (κ1) is 79.6. The summed E-state index contributed by atoms with van der Waals surface area (Å²) in [5.41, 5.74) is 2.31. The molecule has 1 heterocycles. The SMILES string of the molecule is CC[C@H](CCC(=O)NCc1cnc2cc(F)c(C)c3c2c1[C@@H](NC(=O)C1(OCNC(=O)CNC(=O)[C@H](Cc2ccccc2)NC(=O)CNC(=O)CNC(=O)COCCOCCOCCOCCOCCOCCOCCOCCOCCNC(=O)C2CCCCC2)CC1)CC3)C(=O)O. The molecule has 98 heavy (non-hydrogen) atoms. The van der Waals surface area contributed by atoms with Gasteiger partial charge in [-0.15, -0.1) is 0 Å². The number of nitrogens with one attached hydrogen (secondary N) is 8. The first-order chi connectivity index (χ1) is 47.6. The topological polar surface area (TPSA) is 375 Å². The van der Waals surface area contributed by atoms with Crippen LogP contribution in [0.2, 0.25) is 0 Å². The molecule has 6 rings (SSSR count). The van der Waals surface area contributed by atoms with Gasteiger partial charge in [-0.2, -0.15) is 0 Å². The van der Waals surface area contributed by atoms with Crippen LogP contribution in [0.4, 0.5) is 4.39 Å². The molecular weight excluding hydrogens is 1280 g/mol. The van der Waals surface area contributed by atoms with Crippen LogP contribution < -0.4 is 42.5 Å². The van der Waals surface area contributed by atoms with E-state index < -0.39 is 90.5 Å². The molecule has 0 spiro atoms. The molecular formula is C68H100FN9O20. The number of amides is 8. The summed E-state index contributed by atoms with van der Waals surface area (Å²) < 4.78 is 70.3. The van der Waals surface area contributed by atoms with Gasteiger partial charge in [0.2, 0.25) is 41.4 Å². The molecule has 3 aliphatic carbocycles. The van der Waals surface area contributed by atoms with Crippen molar-refractivity contribution in [1.82, 2.24) is 47.5 Å². The summed E-state index contributed by atoms with van der Waals surface area (Å²) in [4.78, 5) is 119. The highest BCUT2D eigenvalue weighted by molar-refractivity contribution is 5.94. The maximum Gasteiger partial charge on any atom is 0.306 e. The third-order valence-electron chi connectivity index (χ3n) is 16.7. The van der Waals surface area contributed by atoms with Gasteiger partial charge in [-0.25, -0.2) is 4.39 Å². The summed E-state index contributed by atoms with van der Waals surface area (Å²) >= 11 is 0. The van der Waals surface area contributed by atoms with Crippen LogP contribution in [0.3, 0.4) is 0 Å². The van der Waals surface area contributed by atoms with Gasteiger partial charge in [-0.1, -0.05) is 56.5 Å². The average Bonchev–Trinajstić information content (AvgIpc) is 0.891. The molecule has 9 N–H and O–H groups in total. The van der Waals surface area contributed by atoms with Crippen molar-refractivity contribution in [2.45, 2.75) is 122 Å². The summed E-state index contributed by atoms with van der Waals surface area (Å²) in [6.07, 6.45) is 9.12. The standard InChI is InChI=1S/C68H100FN9O20/c1-3-49(66(86)87)14-17-57(79)72-41-51-40-71-55-39-53(69)47(2)52-15-16-54(62(51)63(52)55)78-67(88)68(18-19-68)98-46-76-59(81)43-75-65(85)56(38-48-10-6-4-7-11-48)77-60(82)44-73-58(80)42-74-61(83)45-97-37-36-96-35-34-95-33-32-94-31-30-93-29-28-92-27-26-91-25-24-90-23-22-89-21-20-70-64(84)50-12-8-5-9-13-50/h4,6-7,10-11,39-40,49-50,54,56H,3,5,8-9,12-38,41-46H2,1-2H3,(H,70,84)(H,72,79)(H,73,80)(H,74,83)(H,75,85)(H,76,81)(H,77,82)(H,78,88)(H,86,87)/t49-,54+,56+/m1/s1. The fourth-order valence-corrected chi connectivity index (χ4v) is 11.0. The molecule has 3 atom stereocenters. The second-order valence-corrected chi connectivity index (χ2v) is 23.9. The Balaban J connectivity index is 0.748. The Morgan fingerprint density at radius 3 is 1.77 bits per heavy atom. The van der Waals surface area contributed by atoms with Crippen LogP contribution in [0.25, 0.3) is 10.9 Å². The number of carboxylic acid groups (broad SMARTS) is 1. The number of carbonyl (C=O) groups excluding carboxylic acids is 8. The van der Waals surface area contributed by atoms with Crippen molar-refractivity contribution in [3.8, 4) is 0 Å². The number of aliphatic carboxylic acids is 1. The van der Waals surface area contributed by atoms with Crippen molar-refractivity contribution >= 4 is 64.1 Å². The van der Waals surface area contributed by atoms with Crippen LogP contribution >= 0.6 is 0 Å². The number of aromatic nitrogens is 1. The number of hydrogen-bond acceptors (Lipinski definition) is 20. The number of ether oxygens (including phenoxy) is 10. The largest absolute Gasteiger partial charge is 0.481 e. The fraction of sp³-hybridized carbons (Fsp3) is 0.647. The molecule has 30 heteroatoms. The highest BCUT2D eigenvalue weighted by Gasteiger charge is 2.52. The van der Waals surface area contributed by atoms with Crippen LogP contribution in [-0.4, -0.2) is 227 Å². The number of pyridine rings is 1. The zero-order valence-corrected chi connectivity index (χ0v) is 56.5. The van der Waals surface area contributed by atoms with Crippen LogP contribution in [0.5, 0.6) is 0 Å². The maximum atomic E-state index is 15.0. The number of aryl methyl sites for hydroxylation is 1. The van der Waals surface area contributed by atoms with E-state index in [2.05, 4.69) is 47.5 Å². The lowest BCUT2D eigenvalue weighted by atomic mass is 9.82. The van der Waals surface area contributed by atoms with Gasteiger partial charge in [0.1, 0.15) is 30.8 Å². The highest BCUT2D eigenvalue weighted by Crippen LogP contribution is 2.43. The number of carbonyl (C=O) groups is 9. The maximum absolute atomic E-state index is 15.0. The number of benzene rings is 2. The van der Waals surface area contributed by atoms with Crippen molar-refractivity contribution in [2.24, 2.45) is 11.8 Å². The van der Waals surface area contributed by atoms with Gasteiger partial charge in [-0.3, -0.25) is 48.1 Å². The molecule has 0 aliphatic heterocycles. The number of halogens is 1. The normalized spacial score (nSPS) is 15.3. The Morgan fingerprint density at radius 2 is 1.18 bits per heavy atom. The van der Waals surface area contributed by atoms with Gasteiger partial charge < -0.3 is 95.0 Å². The number of hydrogen-bond donors (Lipinski definition) is 9. The van der Waals surface area contributed by atoms with E-state index in [9.17, 15) is 48.3 Å². The molecule has 8 amide bonds. The van der Waals surface area contributed by atoms with Gasteiger partial charge >= 0.3 is 5.97 Å². The van der Waals surface area contributed by atoms with Crippen molar-refractivity contribution in [1.29, 1.82) is 0 Å². The van der Waals surface area contributed by atoms with Crippen LogP contribution in [0.15, 0.2) is 42.6 Å². The summed E-state index contributed by atoms with van der Waals surface area (Å²) in [6.45, 7) is 8.25. The number of nitrogens with zero attached hydrogens (tertiary/aromatic N) is 1.